The second kappa shape index (κ2) is 7.05. The van der Waals surface area contributed by atoms with E-state index in [0.717, 1.165) is 19.6 Å². The Morgan fingerprint density at radius 1 is 1.35 bits per heavy atom. The maximum Gasteiger partial charge on any atom is 0.237 e. The van der Waals surface area contributed by atoms with Crippen LogP contribution in [0.1, 0.15) is 6.92 Å². The van der Waals surface area contributed by atoms with Crippen LogP contribution in [-0.4, -0.2) is 28.4 Å². The molecule has 0 fully saturated rings. The third-order valence-corrected chi connectivity index (χ3v) is 5.03. The molecule has 2 N–H and O–H groups in total. The second-order valence-electron chi connectivity index (χ2n) is 3.88. The number of amides is 1. The Kier molecular flexibility index (Phi) is 5.38. The van der Waals surface area contributed by atoms with Crippen LogP contribution in [0.25, 0.3) is 0 Å². The SMILES string of the molecule is CNc1nnc(S[C@@H](C)C(=O)Nc2ccc(Br)cc2)s1. The summed E-state index contributed by atoms with van der Waals surface area (Å²) in [7, 11) is 1.79. The number of hydrogen-bond donors (Lipinski definition) is 2. The first-order chi connectivity index (χ1) is 9.58. The number of rotatable bonds is 5. The molecule has 0 spiro atoms. The fourth-order valence-corrected chi connectivity index (χ4v) is 3.45. The summed E-state index contributed by atoms with van der Waals surface area (Å²) in [6, 6.07) is 7.47. The van der Waals surface area contributed by atoms with Gasteiger partial charge in [-0.1, -0.05) is 39.0 Å². The zero-order chi connectivity index (χ0) is 14.5. The molecule has 106 valence electrons. The third-order valence-electron chi connectivity index (χ3n) is 2.38. The van der Waals surface area contributed by atoms with Gasteiger partial charge in [0.05, 0.1) is 5.25 Å². The molecule has 0 unspecified atom stereocenters. The quantitative estimate of drug-likeness (QED) is 0.786. The molecule has 0 aliphatic rings. The van der Waals surface area contributed by atoms with Gasteiger partial charge in [-0.15, -0.1) is 10.2 Å². The highest BCUT2D eigenvalue weighted by molar-refractivity contribution is 9.10. The van der Waals surface area contributed by atoms with Crippen LogP contribution in [0.4, 0.5) is 10.8 Å². The van der Waals surface area contributed by atoms with Crippen LogP contribution in [0.5, 0.6) is 0 Å². The van der Waals surface area contributed by atoms with Gasteiger partial charge in [0, 0.05) is 17.2 Å². The first-order valence-corrected chi connectivity index (χ1v) is 8.31. The number of aromatic nitrogens is 2. The van der Waals surface area contributed by atoms with Gasteiger partial charge in [0.15, 0.2) is 4.34 Å². The van der Waals surface area contributed by atoms with Gasteiger partial charge in [0.25, 0.3) is 0 Å². The molecule has 1 atom stereocenters. The maximum atomic E-state index is 12.1. The van der Waals surface area contributed by atoms with Gasteiger partial charge in [-0.25, -0.2) is 0 Å². The topological polar surface area (TPSA) is 66.9 Å². The van der Waals surface area contributed by atoms with E-state index in [1.165, 1.54) is 23.1 Å². The summed E-state index contributed by atoms with van der Waals surface area (Å²) in [4.78, 5) is 12.1. The van der Waals surface area contributed by atoms with Crippen molar-refractivity contribution < 1.29 is 4.79 Å². The molecule has 1 aromatic carbocycles. The molecule has 0 aliphatic heterocycles. The molecule has 5 nitrogen and oxygen atoms in total. The van der Waals surface area contributed by atoms with Crippen molar-refractivity contribution in [1.29, 1.82) is 0 Å². The molecular weight excluding hydrogens is 360 g/mol. The van der Waals surface area contributed by atoms with Crippen LogP contribution in [0, 0.1) is 0 Å². The third kappa shape index (κ3) is 4.19. The molecule has 0 saturated heterocycles. The molecule has 2 rings (SSSR count). The van der Waals surface area contributed by atoms with Crippen LogP contribution in [-0.2, 0) is 4.79 Å². The summed E-state index contributed by atoms with van der Waals surface area (Å²) < 4.78 is 1.75. The number of hydrogen-bond acceptors (Lipinski definition) is 6. The molecular formula is C12H13BrN4OS2. The van der Waals surface area contributed by atoms with Crippen LogP contribution in [0.2, 0.25) is 0 Å². The number of benzene rings is 1. The minimum absolute atomic E-state index is 0.0569. The van der Waals surface area contributed by atoms with Gasteiger partial charge in [-0.2, -0.15) is 0 Å². The van der Waals surface area contributed by atoms with E-state index in [0.29, 0.717) is 0 Å². The molecule has 2 aromatic rings. The Balaban J connectivity index is 1.93. The van der Waals surface area contributed by atoms with Gasteiger partial charge in [-0.3, -0.25) is 4.79 Å². The van der Waals surface area contributed by atoms with Crippen molar-refractivity contribution in [3.8, 4) is 0 Å². The van der Waals surface area contributed by atoms with E-state index < -0.39 is 0 Å². The second-order valence-corrected chi connectivity index (χ2v) is 7.36. The molecule has 20 heavy (non-hydrogen) atoms. The van der Waals surface area contributed by atoms with Crippen molar-refractivity contribution in [2.75, 3.05) is 17.7 Å². The molecule has 0 radical (unpaired) electrons. The van der Waals surface area contributed by atoms with Gasteiger partial charge in [-0.05, 0) is 31.2 Å². The van der Waals surface area contributed by atoms with E-state index in [1.54, 1.807) is 7.05 Å². The maximum absolute atomic E-state index is 12.1. The first kappa shape index (κ1) is 15.3. The van der Waals surface area contributed by atoms with Crippen LogP contribution in [0.3, 0.4) is 0 Å². The molecule has 1 amide bonds. The number of thioether (sulfide) groups is 1. The van der Waals surface area contributed by atoms with Crippen molar-refractivity contribution in [1.82, 2.24) is 10.2 Å². The predicted octanol–water partition coefficient (Wildman–Crippen LogP) is 3.46. The summed E-state index contributed by atoms with van der Waals surface area (Å²) in [6.07, 6.45) is 0. The van der Waals surface area contributed by atoms with E-state index in [4.69, 9.17) is 0 Å². The van der Waals surface area contributed by atoms with Crippen molar-refractivity contribution in [3.05, 3.63) is 28.7 Å². The van der Waals surface area contributed by atoms with Gasteiger partial charge < -0.3 is 10.6 Å². The minimum atomic E-state index is -0.240. The summed E-state index contributed by atoms with van der Waals surface area (Å²) in [5, 5.41) is 14.2. The lowest BCUT2D eigenvalue weighted by Gasteiger charge is -2.10. The van der Waals surface area contributed by atoms with Gasteiger partial charge in [0.1, 0.15) is 0 Å². The van der Waals surface area contributed by atoms with E-state index in [2.05, 4.69) is 36.8 Å². The summed E-state index contributed by atoms with van der Waals surface area (Å²) >= 11 is 6.18. The van der Waals surface area contributed by atoms with Crippen molar-refractivity contribution >= 4 is 55.8 Å². The van der Waals surface area contributed by atoms with Gasteiger partial charge >= 0.3 is 0 Å². The largest absolute Gasteiger partial charge is 0.363 e. The van der Waals surface area contributed by atoms with Crippen LogP contribution in [0.15, 0.2) is 33.1 Å². The molecule has 1 heterocycles. The number of carbonyl (C=O) groups excluding carboxylic acids is 1. The first-order valence-electron chi connectivity index (χ1n) is 5.83. The molecule has 0 aliphatic carbocycles. The summed E-state index contributed by atoms with van der Waals surface area (Å²) in [6.45, 7) is 1.85. The lowest BCUT2D eigenvalue weighted by molar-refractivity contribution is -0.115. The fraction of sp³-hybridized carbons (Fsp3) is 0.250. The van der Waals surface area contributed by atoms with Gasteiger partial charge in [0.2, 0.25) is 11.0 Å². The van der Waals surface area contributed by atoms with E-state index >= 15 is 0 Å². The highest BCUT2D eigenvalue weighted by Crippen LogP contribution is 2.29. The zero-order valence-corrected chi connectivity index (χ0v) is 14.1. The number of halogens is 1. The Bertz CT molecular complexity index is 587. The Morgan fingerprint density at radius 3 is 2.65 bits per heavy atom. The average molecular weight is 373 g/mol. The zero-order valence-electron chi connectivity index (χ0n) is 10.9. The fourth-order valence-electron chi connectivity index (χ4n) is 1.34. The average Bonchev–Trinajstić information content (AvgIpc) is 2.89. The molecule has 0 bridgehead atoms. The van der Waals surface area contributed by atoms with Crippen molar-refractivity contribution in [2.24, 2.45) is 0 Å². The van der Waals surface area contributed by atoms with Crippen molar-refractivity contribution in [3.63, 3.8) is 0 Å². The highest BCUT2D eigenvalue weighted by Gasteiger charge is 2.17. The standard InChI is InChI=1S/C12H13BrN4OS2/c1-7(19-12-17-16-11(14-2)20-12)10(18)15-9-5-3-8(13)4-6-9/h3-7H,1-2H3,(H,14,16)(H,15,18)/t7-/m0/s1. The van der Waals surface area contributed by atoms with Crippen LogP contribution >= 0.6 is 39.0 Å². The van der Waals surface area contributed by atoms with E-state index in [1.807, 2.05) is 31.2 Å². The van der Waals surface area contributed by atoms with E-state index in [-0.39, 0.29) is 11.2 Å². The number of nitrogens with one attached hydrogen (secondary N) is 2. The number of carbonyl (C=O) groups is 1. The molecule has 0 saturated carbocycles. The molecule has 8 heteroatoms. The highest BCUT2D eigenvalue weighted by atomic mass is 79.9. The van der Waals surface area contributed by atoms with Crippen molar-refractivity contribution in [2.45, 2.75) is 16.5 Å². The van der Waals surface area contributed by atoms with E-state index in [9.17, 15) is 4.79 Å². The minimum Gasteiger partial charge on any atom is -0.363 e. The Hall–Kier alpha value is -1.12. The lowest BCUT2D eigenvalue weighted by atomic mass is 10.3. The predicted molar refractivity (Wildman–Crippen MR) is 87.5 cm³/mol. The molecule has 1 aromatic heterocycles. The monoisotopic (exact) mass is 372 g/mol. The lowest BCUT2D eigenvalue weighted by Crippen LogP contribution is -2.22. The summed E-state index contributed by atoms with van der Waals surface area (Å²) in [5.41, 5.74) is 0.777. The normalized spacial score (nSPS) is 11.9. The van der Waals surface area contributed by atoms with Crippen LogP contribution < -0.4 is 10.6 Å². The number of nitrogens with zero attached hydrogens (tertiary/aromatic N) is 2. The Morgan fingerprint density at radius 2 is 2.05 bits per heavy atom. The smallest absolute Gasteiger partial charge is 0.237 e. The number of anilines is 2. The Labute approximate surface area is 133 Å². The summed E-state index contributed by atoms with van der Waals surface area (Å²) in [5.74, 6) is -0.0569.